The zero-order valence-electron chi connectivity index (χ0n) is 18.7. The largest absolute Gasteiger partial charge is 0.393 e. The standard InChI is InChI=1S/C26H40O3/c1-16-23-22(29-26(16)10-4-5-13-28-26)15-21-19-7-6-17-14-18(27)8-11-24(17,2)20(19)9-12-25(21,23)3/h6,16,18-23,27H,4-5,7-15H2,1-3H3/t16-,18-,19-,20+,21-,22+,23-,24-,25-,26-/m0/s1. The van der Waals surface area contributed by atoms with Crippen molar-refractivity contribution in [1.29, 1.82) is 0 Å². The molecular formula is C26H40O3. The molecule has 6 rings (SSSR count). The van der Waals surface area contributed by atoms with Crippen molar-refractivity contribution in [1.82, 2.24) is 0 Å². The molecule has 2 saturated heterocycles. The third-order valence-corrected chi connectivity index (χ3v) is 11.0. The lowest BCUT2D eigenvalue weighted by atomic mass is 9.47. The van der Waals surface area contributed by atoms with Gasteiger partial charge in [-0.15, -0.1) is 0 Å². The van der Waals surface area contributed by atoms with Crippen LogP contribution in [-0.4, -0.2) is 29.7 Å². The van der Waals surface area contributed by atoms with Crippen LogP contribution < -0.4 is 0 Å². The first kappa shape index (κ1) is 19.3. The fourth-order valence-electron chi connectivity index (χ4n) is 9.56. The van der Waals surface area contributed by atoms with Gasteiger partial charge in [-0.05, 0) is 92.3 Å². The number of hydrogen-bond acceptors (Lipinski definition) is 3. The average molecular weight is 401 g/mol. The van der Waals surface area contributed by atoms with Crippen LogP contribution in [0.3, 0.4) is 0 Å². The fraction of sp³-hybridized carbons (Fsp3) is 0.923. The summed E-state index contributed by atoms with van der Waals surface area (Å²) in [4.78, 5) is 0. The summed E-state index contributed by atoms with van der Waals surface area (Å²) in [6, 6.07) is 0. The predicted octanol–water partition coefficient (Wildman–Crippen LogP) is 5.47. The van der Waals surface area contributed by atoms with Gasteiger partial charge < -0.3 is 14.6 Å². The Morgan fingerprint density at radius 2 is 1.93 bits per heavy atom. The molecule has 6 aliphatic rings. The van der Waals surface area contributed by atoms with E-state index in [4.69, 9.17) is 9.47 Å². The number of allylic oxidation sites excluding steroid dienone is 1. The number of rotatable bonds is 0. The maximum atomic E-state index is 10.2. The fourth-order valence-corrected chi connectivity index (χ4v) is 9.56. The molecular weight excluding hydrogens is 360 g/mol. The Bertz CT molecular complexity index is 709. The van der Waals surface area contributed by atoms with Crippen LogP contribution in [0.5, 0.6) is 0 Å². The molecule has 3 heteroatoms. The smallest absolute Gasteiger partial charge is 0.171 e. The van der Waals surface area contributed by atoms with E-state index in [0.717, 1.165) is 43.6 Å². The van der Waals surface area contributed by atoms with Gasteiger partial charge in [0.25, 0.3) is 0 Å². The van der Waals surface area contributed by atoms with Crippen LogP contribution in [0.2, 0.25) is 0 Å². The molecule has 162 valence electrons. The van der Waals surface area contributed by atoms with E-state index in [1.807, 2.05) is 0 Å². The van der Waals surface area contributed by atoms with Gasteiger partial charge in [0.2, 0.25) is 0 Å². The summed E-state index contributed by atoms with van der Waals surface area (Å²) < 4.78 is 13.2. The van der Waals surface area contributed by atoms with Crippen LogP contribution in [0, 0.1) is 40.4 Å². The molecule has 4 aliphatic carbocycles. The third-order valence-electron chi connectivity index (χ3n) is 11.0. The molecule has 3 nitrogen and oxygen atoms in total. The SMILES string of the molecule is C[C@H]1[C@H]2[C@@H](C[C@H]3[C@H]4CC=C5C[C@@H](O)CC[C@]5(C)[C@@H]4CC[C@]23C)O[C@@]12CCCCO2. The lowest BCUT2D eigenvalue weighted by molar-refractivity contribution is -0.264. The van der Waals surface area contributed by atoms with Gasteiger partial charge in [0, 0.05) is 12.3 Å². The van der Waals surface area contributed by atoms with Gasteiger partial charge in [0.05, 0.1) is 18.8 Å². The molecule has 0 aromatic heterocycles. The highest BCUT2D eigenvalue weighted by atomic mass is 16.7. The van der Waals surface area contributed by atoms with Gasteiger partial charge in [-0.2, -0.15) is 0 Å². The van der Waals surface area contributed by atoms with Crippen LogP contribution >= 0.6 is 0 Å². The molecule has 29 heavy (non-hydrogen) atoms. The summed E-state index contributed by atoms with van der Waals surface area (Å²) in [6.45, 7) is 8.47. The maximum Gasteiger partial charge on any atom is 0.171 e. The monoisotopic (exact) mass is 400 g/mol. The van der Waals surface area contributed by atoms with E-state index in [-0.39, 0.29) is 11.9 Å². The number of fused-ring (bicyclic) bond motifs is 7. The zero-order valence-corrected chi connectivity index (χ0v) is 18.7. The maximum absolute atomic E-state index is 10.2. The Morgan fingerprint density at radius 3 is 2.72 bits per heavy atom. The first-order valence-corrected chi connectivity index (χ1v) is 12.6. The third kappa shape index (κ3) is 2.47. The second-order valence-electron chi connectivity index (χ2n) is 12.0. The summed E-state index contributed by atoms with van der Waals surface area (Å²) in [7, 11) is 0. The van der Waals surface area contributed by atoms with Crippen molar-refractivity contribution in [3.8, 4) is 0 Å². The minimum atomic E-state index is -0.274. The second kappa shape index (κ2) is 6.33. The van der Waals surface area contributed by atoms with Gasteiger partial charge in [0.15, 0.2) is 5.79 Å². The van der Waals surface area contributed by atoms with Crippen LogP contribution in [0.15, 0.2) is 11.6 Å². The van der Waals surface area contributed by atoms with Crippen LogP contribution in [0.25, 0.3) is 0 Å². The number of ether oxygens (including phenoxy) is 2. The highest BCUT2D eigenvalue weighted by Crippen LogP contribution is 2.70. The highest BCUT2D eigenvalue weighted by molar-refractivity contribution is 5.26. The molecule has 1 N–H and O–H groups in total. The first-order valence-electron chi connectivity index (χ1n) is 12.6. The number of aliphatic hydroxyl groups excluding tert-OH is 1. The van der Waals surface area contributed by atoms with Gasteiger partial charge in [-0.25, -0.2) is 0 Å². The molecule has 0 amide bonds. The van der Waals surface area contributed by atoms with E-state index in [0.29, 0.717) is 28.8 Å². The van der Waals surface area contributed by atoms with Crippen LogP contribution in [0.4, 0.5) is 0 Å². The first-order chi connectivity index (χ1) is 13.9. The predicted molar refractivity (Wildman–Crippen MR) is 113 cm³/mol. The Balaban J connectivity index is 1.30. The Kier molecular flexibility index (Phi) is 4.21. The highest BCUT2D eigenvalue weighted by Gasteiger charge is 2.68. The van der Waals surface area contributed by atoms with Crippen molar-refractivity contribution in [3.63, 3.8) is 0 Å². The minimum Gasteiger partial charge on any atom is -0.393 e. The lowest BCUT2D eigenvalue weighted by Gasteiger charge is -2.58. The van der Waals surface area contributed by atoms with Gasteiger partial charge in [-0.3, -0.25) is 0 Å². The Labute approximate surface area is 176 Å². The molecule has 1 spiro atoms. The zero-order chi connectivity index (χ0) is 20.0. The summed E-state index contributed by atoms with van der Waals surface area (Å²) in [5.41, 5.74) is 2.32. The van der Waals surface area contributed by atoms with E-state index < -0.39 is 0 Å². The summed E-state index contributed by atoms with van der Waals surface area (Å²) in [5.74, 6) is 3.32. The Morgan fingerprint density at radius 1 is 1.07 bits per heavy atom. The molecule has 0 unspecified atom stereocenters. The summed E-state index contributed by atoms with van der Waals surface area (Å²) in [6.07, 6.45) is 14.7. The van der Waals surface area contributed by atoms with Gasteiger partial charge >= 0.3 is 0 Å². The molecule has 0 bridgehead atoms. The lowest BCUT2D eigenvalue weighted by Crippen LogP contribution is -2.52. The van der Waals surface area contributed by atoms with E-state index >= 15 is 0 Å². The van der Waals surface area contributed by atoms with Crippen molar-refractivity contribution in [2.24, 2.45) is 40.4 Å². The normalized spacial score (nSPS) is 58.9. The summed E-state index contributed by atoms with van der Waals surface area (Å²) >= 11 is 0. The molecule has 5 fully saturated rings. The molecule has 2 heterocycles. The second-order valence-corrected chi connectivity index (χ2v) is 12.0. The molecule has 0 aromatic carbocycles. The molecule has 3 saturated carbocycles. The topological polar surface area (TPSA) is 38.7 Å². The van der Waals surface area contributed by atoms with Gasteiger partial charge in [-0.1, -0.05) is 32.4 Å². The Hall–Kier alpha value is -0.380. The van der Waals surface area contributed by atoms with E-state index in [9.17, 15) is 5.11 Å². The van der Waals surface area contributed by atoms with Crippen LogP contribution in [-0.2, 0) is 9.47 Å². The van der Waals surface area contributed by atoms with Crippen molar-refractivity contribution in [3.05, 3.63) is 11.6 Å². The van der Waals surface area contributed by atoms with Crippen molar-refractivity contribution >= 4 is 0 Å². The van der Waals surface area contributed by atoms with Crippen molar-refractivity contribution < 1.29 is 14.6 Å². The number of aliphatic hydroxyl groups is 1. The van der Waals surface area contributed by atoms with E-state index in [1.54, 1.807) is 5.57 Å². The molecule has 0 aromatic rings. The van der Waals surface area contributed by atoms with E-state index in [1.165, 1.54) is 44.9 Å². The van der Waals surface area contributed by atoms with E-state index in [2.05, 4.69) is 26.8 Å². The van der Waals surface area contributed by atoms with Gasteiger partial charge in [0.1, 0.15) is 0 Å². The van der Waals surface area contributed by atoms with Crippen LogP contribution in [0.1, 0.15) is 85.0 Å². The number of hydrogen-bond donors (Lipinski definition) is 1. The molecule has 2 aliphatic heterocycles. The van der Waals surface area contributed by atoms with Crippen molar-refractivity contribution in [2.75, 3.05) is 6.61 Å². The molecule has 0 radical (unpaired) electrons. The molecule has 10 atom stereocenters. The van der Waals surface area contributed by atoms with Crippen molar-refractivity contribution in [2.45, 2.75) is 103 Å². The average Bonchev–Trinajstić information content (AvgIpc) is 3.14. The quantitative estimate of drug-likeness (QED) is 0.548. The summed E-state index contributed by atoms with van der Waals surface area (Å²) in [5, 5.41) is 10.2. The minimum absolute atomic E-state index is 0.105.